The van der Waals surface area contributed by atoms with Crippen molar-refractivity contribution in [3.8, 4) is 5.75 Å². The molecule has 0 bridgehead atoms. The second-order valence-electron chi connectivity index (χ2n) is 5.95. The van der Waals surface area contributed by atoms with Gasteiger partial charge in [0.25, 0.3) is 0 Å². The van der Waals surface area contributed by atoms with Crippen LogP contribution in [0.25, 0.3) is 0 Å². The van der Waals surface area contributed by atoms with Crippen LogP contribution in [0.4, 0.5) is 5.69 Å². The molecule has 0 fully saturated rings. The van der Waals surface area contributed by atoms with Crippen molar-refractivity contribution in [1.82, 2.24) is 4.72 Å². The molecule has 0 unspecified atom stereocenters. The Balaban J connectivity index is 1.98. The molecular formula is C18H21ClN2O4S. The standard InChI is InChI=1S/C18H21ClN2O4S/c1-12(2)13-4-6-14(7-5-13)21-18(22)11-20-26(23,24)15-8-9-17(25-3)16(19)10-15/h4-10,12,20H,11H2,1-3H3,(H,21,22). The number of halogens is 1. The average Bonchev–Trinajstić information content (AvgIpc) is 2.60. The van der Waals surface area contributed by atoms with Crippen molar-refractivity contribution in [3.05, 3.63) is 53.1 Å². The van der Waals surface area contributed by atoms with Gasteiger partial charge in [-0.05, 0) is 41.8 Å². The Morgan fingerprint density at radius 2 is 1.81 bits per heavy atom. The maximum Gasteiger partial charge on any atom is 0.241 e. The Bertz CT molecular complexity index is 881. The van der Waals surface area contributed by atoms with Crippen LogP contribution in [0.15, 0.2) is 47.4 Å². The first kappa shape index (κ1) is 20.2. The van der Waals surface area contributed by atoms with Gasteiger partial charge < -0.3 is 10.1 Å². The van der Waals surface area contributed by atoms with E-state index in [1.807, 2.05) is 12.1 Å². The van der Waals surface area contributed by atoms with Gasteiger partial charge in [-0.25, -0.2) is 13.1 Å². The predicted octanol–water partition coefficient (Wildman–Crippen LogP) is 3.39. The lowest BCUT2D eigenvalue weighted by molar-refractivity contribution is -0.115. The Hall–Kier alpha value is -2.09. The normalized spacial score (nSPS) is 11.4. The minimum Gasteiger partial charge on any atom is -0.495 e. The van der Waals surface area contributed by atoms with Gasteiger partial charge in [0.2, 0.25) is 15.9 Å². The summed E-state index contributed by atoms with van der Waals surface area (Å²) < 4.78 is 31.8. The fourth-order valence-electron chi connectivity index (χ4n) is 2.21. The smallest absolute Gasteiger partial charge is 0.241 e. The van der Waals surface area contributed by atoms with Crippen molar-refractivity contribution in [2.24, 2.45) is 0 Å². The van der Waals surface area contributed by atoms with Gasteiger partial charge in [0.1, 0.15) is 5.75 Å². The van der Waals surface area contributed by atoms with Gasteiger partial charge in [0, 0.05) is 5.69 Å². The third kappa shape index (κ3) is 5.20. The third-order valence-corrected chi connectivity index (χ3v) is 5.41. The summed E-state index contributed by atoms with van der Waals surface area (Å²) in [5.41, 5.74) is 1.76. The number of amides is 1. The fourth-order valence-corrected chi connectivity index (χ4v) is 3.55. The summed E-state index contributed by atoms with van der Waals surface area (Å²) in [4.78, 5) is 11.9. The quantitative estimate of drug-likeness (QED) is 0.751. The van der Waals surface area contributed by atoms with E-state index in [2.05, 4.69) is 23.9 Å². The average molecular weight is 397 g/mol. The van der Waals surface area contributed by atoms with Crippen LogP contribution < -0.4 is 14.8 Å². The van der Waals surface area contributed by atoms with Crippen molar-refractivity contribution < 1.29 is 17.9 Å². The van der Waals surface area contributed by atoms with Crippen molar-refractivity contribution in [2.75, 3.05) is 19.0 Å². The number of hydrogen-bond donors (Lipinski definition) is 2. The number of ether oxygens (including phenoxy) is 1. The zero-order valence-corrected chi connectivity index (χ0v) is 16.3. The predicted molar refractivity (Wildman–Crippen MR) is 102 cm³/mol. The van der Waals surface area contributed by atoms with Gasteiger partial charge >= 0.3 is 0 Å². The number of carbonyl (C=O) groups is 1. The third-order valence-electron chi connectivity index (χ3n) is 3.72. The van der Waals surface area contributed by atoms with Crippen LogP contribution in [0.2, 0.25) is 5.02 Å². The number of anilines is 1. The molecule has 0 aromatic heterocycles. The zero-order chi connectivity index (χ0) is 19.3. The van der Waals surface area contributed by atoms with Gasteiger partial charge in [-0.1, -0.05) is 37.6 Å². The van der Waals surface area contributed by atoms with Gasteiger partial charge in [0.15, 0.2) is 0 Å². The highest BCUT2D eigenvalue weighted by Crippen LogP contribution is 2.26. The molecule has 1 amide bonds. The summed E-state index contributed by atoms with van der Waals surface area (Å²) in [6.07, 6.45) is 0. The number of hydrogen-bond acceptors (Lipinski definition) is 4. The lowest BCUT2D eigenvalue weighted by atomic mass is 10.0. The molecule has 0 spiro atoms. The van der Waals surface area contributed by atoms with E-state index in [0.29, 0.717) is 17.4 Å². The molecule has 0 aliphatic rings. The van der Waals surface area contributed by atoms with E-state index < -0.39 is 22.5 Å². The van der Waals surface area contributed by atoms with Crippen molar-refractivity contribution in [3.63, 3.8) is 0 Å². The van der Waals surface area contributed by atoms with Crippen LogP contribution >= 0.6 is 11.6 Å². The molecule has 0 heterocycles. The van der Waals surface area contributed by atoms with Crippen molar-refractivity contribution >= 4 is 33.2 Å². The lowest BCUT2D eigenvalue weighted by Gasteiger charge is -2.10. The minimum absolute atomic E-state index is 0.0441. The number of sulfonamides is 1. The van der Waals surface area contributed by atoms with Crippen LogP contribution in [0.3, 0.4) is 0 Å². The van der Waals surface area contributed by atoms with E-state index in [1.165, 1.54) is 25.3 Å². The first-order valence-electron chi connectivity index (χ1n) is 7.96. The van der Waals surface area contributed by atoms with E-state index in [1.54, 1.807) is 12.1 Å². The molecule has 6 nitrogen and oxygen atoms in total. The first-order chi connectivity index (χ1) is 12.2. The van der Waals surface area contributed by atoms with E-state index in [9.17, 15) is 13.2 Å². The largest absolute Gasteiger partial charge is 0.495 e. The molecule has 8 heteroatoms. The Kier molecular flexibility index (Phi) is 6.63. The molecule has 0 saturated carbocycles. The van der Waals surface area contributed by atoms with Crippen LogP contribution in [-0.4, -0.2) is 28.0 Å². The van der Waals surface area contributed by atoms with Crippen LogP contribution in [-0.2, 0) is 14.8 Å². The fraction of sp³-hybridized carbons (Fsp3) is 0.278. The molecule has 2 rings (SSSR count). The molecular weight excluding hydrogens is 376 g/mol. The van der Waals surface area contributed by atoms with Crippen molar-refractivity contribution in [2.45, 2.75) is 24.7 Å². The Morgan fingerprint density at radius 3 is 2.35 bits per heavy atom. The Morgan fingerprint density at radius 1 is 1.15 bits per heavy atom. The van der Waals surface area contributed by atoms with Crippen molar-refractivity contribution in [1.29, 1.82) is 0 Å². The highest BCUT2D eigenvalue weighted by atomic mass is 35.5. The van der Waals surface area contributed by atoms with E-state index >= 15 is 0 Å². The first-order valence-corrected chi connectivity index (χ1v) is 9.82. The topological polar surface area (TPSA) is 84.5 Å². The maximum absolute atomic E-state index is 12.3. The van der Waals surface area contributed by atoms with E-state index in [-0.39, 0.29) is 9.92 Å². The molecule has 140 valence electrons. The molecule has 0 aliphatic heterocycles. The summed E-state index contributed by atoms with van der Waals surface area (Å²) >= 11 is 5.94. The van der Waals surface area contributed by atoms with Crippen LogP contribution in [0.5, 0.6) is 5.75 Å². The monoisotopic (exact) mass is 396 g/mol. The molecule has 0 atom stereocenters. The van der Waals surface area contributed by atoms with Gasteiger partial charge in [-0.2, -0.15) is 0 Å². The summed E-state index contributed by atoms with van der Waals surface area (Å²) in [6.45, 7) is 3.76. The molecule has 26 heavy (non-hydrogen) atoms. The number of nitrogens with one attached hydrogen (secondary N) is 2. The van der Waals surface area contributed by atoms with Crippen LogP contribution in [0.1, 0.15) is 25.3 Å². The SMILES string of the molecule is COc1ccc(S(=O)(=O)NCC(=O)Nc2ccc(C(C)C)cc2)cc1Cl. The lowest BCUT2D eigenvalue weighted by Crippen LogP contribution is -2.32. The van der Waals surface area contributed by atoms with Gasteiger partial charge in [-0.15, -0.1) is 0 Å². The molecule has 0 aliphatic carbocycles. The van der Waals surface area contributed by atoms with Gasteiger partial charge in [-0.3, -0.25) is 4.79 Å². The molecule has 2 aromatic rings. The Labute approximate surface area is 158 Å². The summed E-state index contributed by atoms with van der Waals surface area (Å²) in [7, 11) is -2.43. The molecule has 2 N–H and O–H groups in total. The number of carbonyl (C=O) groups excluding carboxylic acids is 1. The zero-order valence-electron chi connectivity index (χ0n) is 14.7. The van der Waals surface area contributed by atoms with Crippen LogP contribution in [0, 0.1) is 0 Å². The number of benzene rings is 2. The number of methoxy groups -OCH3 is 1. The minimum atomic E-state index is -3.86. The highest BCUT2D eigenvalue weighted by Gasteiger charge is 2.17. The van der Waals surface area contributed by atoms with E-state index in [0.717, 1.165) is 5.56 Å². The molecule has 2 aromatic carbocycles. The van der Waals surface area contributed by atoms with Gasteiger partial charge in [0.05, 0.1) is 23.6 Å². The summed E-state index contributed by atoms with van der Waals surface area (Å²) in [5.74, 6) is 0.293. The highest BCUT2D eigenvalue weighted by molar-refractivity contribution is 7.89. The second kappa shape index (κ2) is 8.53. The summed E-state index contributed by atoms with van der Waals surface area (Å²) in [5, 5.41) is 2.82. The maximum atomic E-state index is 12.3. The van der Waals surface area contributed by atoms with E-state index in [4.69, 9.17) is 16.3 Å². The second-order valence-corrected chi connectivity index (χ2v) is 8.12. The molecule has 0 saturated heterocycles. The summed E-state index contributed by atoms with van der Waals surface area (Å²) in [6, 6.07) is 11.5. The molecule has 0 radical (unpaired) electrons. The number of rotatable bonds is 7.